The Morgan fingerprint density at radius 3 is 2.75 bits per heavy atom. The summed E-state index contributed by atoms with van der Waals surface area (Å²) in [6.07, 6.45) is 6.42. The third-order valence-corrected chi connectivity index (χ3v) is 5.85. The Hall–Kier alpha value is -2.29. The highest BCUT2D eigenvalue weighted by Crippen LogP contribution is 2.44. The second-order valence-corrected chi connectivity index (χ2v) is 7.38. The van der Waals surface area contributed by atoms with Gasteiger partial charge in [0, 0.05) is 42.0 Å². The molecule has 0 unspecified atom stereocenters. The number of hydrogen-bond acceptors (Lipinski definition) is 6. The number of piperidine rings is 1. The van der Waals surface area contributed by atoms with Crippen molar-refractivity contribution in [2.24, 2.45) is 5.73 Å². The third-order valence-electron chi connectivity index (χ3n) is 5.85. The number of halogens is 1. The quantitative estimate of drug-likeness (QED) is 0.677. The zero-order valence-corrected chi connectivity index (χ0v) is 16.2. The lowest BCUT2D eigenvalue weighted by atomic mass is 9.76. The van der Waals surface area contributed by atoms with Crippen molar-refractivity contribution in [1.82, 2.24) is 19.9 Å². The van der Waals surface area contributed by atoms with Crippen molar-refractivity contribution in [3.8, 4) is 11.4 Å². The van der Waals surface area contributed by atoms with E-state index in [-0.39, 0.29) is 35.9 Å². The lowest BCUT2D eigenvalue weighted by Gasteiger charge is -2.40. The molecule has 0 saturated carbocycles. The molecule has 1 aliphatic carbocycles. The lowest BCUT2D eigenvalue weighted by Crippen LogP contribution is -2.51. The number of aromatic nitrogens is 3. The minimum Gasteiger partial charge on any atom is -0.394 e. The van der Waals surface area contributed by atoms with Gasteiger partial charge in [-0.2, -0.15) is 0 Å². The molecule has 3 heterocycles. The van der Waals surface area contributed by atoms with Crippen LogP contribution in [0.5, 0.6) is 0 Å². The van der Waals surface area contributed by atoms with E-state index in [4.69, 9.17) is 15.8 Å². The van der Waals surface area contributed by atoms with Gasteiger partial charge < -0.3 is 20.7 Å². The first-order valence-corrected chi connectivity index (χ1v) is 9.23. The number of aliphatic hydroxyl groups is 1. The molecule has 9 heteroatoms. The Kier molecular flexibility index (Phi) is 5.83. The number of fused-ring (bicyclic) bond motifs is 2. The van der Waals surface area contributed by atoms with Crippen LogP contribution in [0.3, 0.4) is 0 Å². The molecule has 2 aromatic rings. The Balaban J connectivity index is 0.00000225. The summed E-state index contributed by atoms with van der Waals surface area (Å²) < 4.78 is 0. The minimum atomic E-state index is -0.868. The first kappa shape index (κ1) is 20.4. The van der Waals surface area contributed by atoms with E-state index >= 15 is 0 Å². The van der Waals surface area contributed by atoms with Gasteiger partial charge >= 0.3 is 0 Å². The van der Waals surface area contributed by atoms with Crippen molar-refractivity contribution >= 4 is 18.3 Å². The van der Waals surface area contributed by atoms with Crippen molar-refractivity contribution in [3.05, 3.63) is 46.1 Å². The molecule has 1 fully saturated rings. The maximum absolute atomic E-state index is 12.6. The third kappa shape index (κ3) is 3.43. The highest BCUT2D eigenvalue weighted by Gasteiger charge is 2.45. The van der Waals surface area contributed by atoms with E-state index in [1.54, 1.807) is 17.3 Å². The maximum atomic E-state index is 12.6. The molecule has 2 aromatic heterocycles. The van der Waals surface area contributed by atoms with E-state index in [2.05, 4.69) is 9.97 Å². The number of aliphatic hydroxyl groups excluding tert-OH is 1. The summed E-state index contributed by atoms with van der Waals surface area (Å²) in [6, 6.07) is 2.82. The molecule has 1 amide bonds. The van der Waals surface area contributed by atoms with Gasteiger partial charge in [0.05, 0.1) is 12.3 Å². The van der Waals surface area contributed by atoms with Gasteiger partial charge in [-0.25, -0.2) is 4.98 Å². The van der Waals surface area contributed by atoms with Crippen LogP contribution in [0, 0.1) is 0 Å². The van der Waals surface area contributed by atoms with Crippen LogP contribution >= 0.6 is 12.4 Å². The highest BCUT2D eigenvalue weighted by atomic mass is 35.5. The number of aromatic amines is 1. The van der Waals surface area contributed by atoms with Gasteiger partial charge in [-0.3, -0.25) is 14.6 Å². The first-order valence-electron chi connectivity index (χ1n) is 9.23. The number of hydrogen-bond donors (Lipinski definition) is 3. The van der Waals surface area contributed by atoms with Gasteiger partial charge in [0.25, 0.3) is 5.56 Å². The standard InChI is InChI=1S/C19H23N5O3.ClH/c20-14(11-25)18(27)24-8-5-19(6-9-24)4-3-13-15(19)22-16(23-17(13)26)12-2-1-7-21-10-12;/h1-2,7,10,14,25H,3-6,8-9,11,20H2,(H,22,23,26);1H/t14-;/m0./s1. The van der Waals surface area contributed by atoms with Crippen LogP contribution in [-0.2, 0) is 16.6 Å². The minimum absolute atomic E-state index is 0. The van der Waals surface area contributed by atoms with E-state index < -0.39 is 6.04 Å². The monoisotopic (exact) mass is 405 g/mol. The summed E-state index contributed by atoms with van der Waals surface area (Å²) in [4.78, 5) is 38.4. The Bertz CT molecular complexity index is 910. The molecule has 1 spiro atoms. The highest BCUT2D eigenvalue weighted by molar-refractivity contribution is 5.85. The average molecular weight is 406 g/mol. The predicted molar refractivity (Wildman–Crippen MR) is 106 cm³/mol. The Labute approximate surface area is 168 Å². The topological polar surface area (TPSA) is 125 Å². The van der Waals surface area contributed by atoms with E-state index in [0.717, 1.165) is 36.1 Å². The van der Waals surface area contributed by atoms with Gasteiger partial charge in [0.2, 0.25) is 5.91 Å². The smallest absolute Gasteiger partial charge is 0.254 e. The number of rotatable bonds is 3. The van der Waals surface area contributed by atoms with Crippen molar-refractivity contribution in [1.29, 1.82) is 0 Å². The van der Waals surface area contributed by atoms with E-state index in [1.165, 1.54) is 0 Å². The van der Waals surface area contributed by atoms with Crippen LogP contribution in [0.15, 0.2) is 29.3 Å². The fourth-order valence-corrected chi connectivity index (χ4v) is 4.25. The number of H-pyrrole nitrogens is 1. The molecule has 0 bridgehead atoms. The van der Waals surface area contributed by atoms with Gasteiger partial charge in [0.15, 0.2) is 0 Å². The largest absolute Gasteiger partial charge is 0.394 e. The summed E-state index contributed by atoms with van der Waals surface area (Å²) in [5, 5.41) is 9.11. The summed E-state index contributed by atoms with van der Waals surface area (Å²) >= 11 is 0. The van der Waals surface area contributed by atoms with Crippen molar-refractivity contribution < 1.29 is 9.90 Å². The number of nitrogens with zero attached hydrogens (tertiary/aromatic N) is 3. The van der Waals surface area contributed by atoms with Crippen LogP contribution in [0.2, 0.25) is 0 Å². The van der Waals surface area contributed by atoms with Gasteiger partial charge in [-0.05, 0) is 37.8 Å². The summed E-state index contributed by atoms with van der Waals surface area (Å²) in [5.41, 5.74) is 7.80. The molecule has 4 N–H and O–H groups in total. The normalized spacial score (nSPS) is 18.4. The molecule has 0 radical (unpaired) electrons. The van der Waals surface area contributed by atoms with Crippen molar-refractivity contribution in [2.75, 3.05) is 19.7 Å². The molecule has 1 aliphatic heterocycles. The van der Waals surface area contributed by atoms with Gasteiger partial charge in [-0.1, -0.05) is 0 Å². The summed E-state index contributed by atoms with van der Waals surface area (Å²) in [7, 11) is 0. The molecule has 8 nitrogen and oxygen atoms in total. The van der Waals surface area contributed by atoms with Crippen molar-refractivity contribution in [2.45, 2.75) is 37.1 Å². The SMILES string of the molecule is Cl.N[C@@H](CO)C(=O)N1CCC2(CCc3c2nc(-c2cccnc2)[nH]c3=O)CC1. The predicted octanol–water partition coefficient (Wildman–Crippen LogP) is 0.380. The number of carbonyl (C=O) groups is 1. The number of likely N-dealkylation sites (tertiary alicyclic amines) is 1. The molecule has 2 aliphatic rings. The number of amides is 1. The van der Waals surface area contributed by atoms with Gasteiger partial charge in [0.1, 0.15) is 11.9 Å². The number of nitrogens with one attached hydrogen (secondary N) is 1. The maximum Gasteiger partial charge on any atom is 0.254 e. The van der Waals surface area contributed by atoms with E-state index in [0.29, 0.717) is 25.3 Å². The Morgan fingerprint density at radius 1 is 1.36 bits per heavy atom. The molecular formula is C19H24ClN5O3. The van der Waals surface area contributed by atoms with Crippen LogP contribution < -0.4 is 11.3 Å². The number of nitrogens with two attached hydrogens (primary N) is 1. The second kappa shape index (κ2) is 7.98. The van der Waals surface area contributed by atoms with Crippen LogP contribution in [-0.4, -0.2) is 56.6 Å². The molecule has 1 atom stereocenters. The average Bonchev–Trinajstić information content (AvgIpc) is 3.06. The van der Waals surface area contributed by atoms with E-state index in [1.807, 2.05) is 12.1 Å². The van der Waals surface area contributed by atoms with Crippen LogP contribution in [0.1, 0.15) is 30.5 Å². The zero-order valence-electron chi connectivity index (χ0n) is 15.4. The molecule has 28 heavy (non-hydrogen) atoms. The fraction of sp³-hybridized carbons (Fsp3) is 0.474. The number of carbonyl (C=O) groups excluding carboxylic acids is 1. The molecule has 1 saturated heterocycles. The van der Waals surface area contributed by atoms with Crippen LogP contribution in [0.25, 0.3) is 11.4 Å². The van der Waals surface area contributed by atoms with Crippen molar-refractivity contribution in [3.63, 3.8) is 0 Å². The number of pyridine rings is 1. The fourth-order valence-electron chi connectivity index (χ4n) is 4.25. The summed E-state index contributed by atoms with van der Waals surface area (Å²) in [6.45, 7) is 0.764. The summed E-state index contributed by atoms with van der Waals surface area (Å²) in [5.74, 6) is 0.314. The molecule has 150 valence electrons. The first-order chi connectivity index (χ1) is 13.0. The molecule has 4 rings (SSSR count). The van der Waals surface area contributed by atoms with E-state index in [9.17, 15) is 9.59 Å². The van der Waals surface area contributed by atoms with Crippen LogP contribution in [0.4, 0.5) is 0 Å². The van der Waals surface area contributed by atoms with Gasteiger partial charge in [-0.15, -0.1) is 12.4 Å². The zero-order chi connectivity index (χ0) is 19.0. The molecule has 0 aromatic carbocycles. The Morgan fingerprint density at radius 2 is 2.11 bits per heavy atom. The molecular weight excluding hydrogens is 382 g/mol. The lowest BCUT2D eigenvalue weighted by molar-refractivity contribution is -0.135. The second-order valence-electron chi connectivity index (χ2n) is 7.38.